The average molecular weight is 329 g/mol. The molecular weight excluding hydrogens is 314 g/mol. The third-order valence-electron chi connectivity index (χ3n) is 3.40. The molecule has 7 heteroatoms. The summed E-state index contributed by atoms with van der Waals surface area (Å²) in [7, 11) is 3.17. The minimum atomic E-state index is -0.253. The molecule has 0 aliphatic rings. The smallest absolute Gasteiger partial charge is 0.275 e. The van der Waals surface area contributed by atoms with E-state index in [4.69, 9.17) is 9.47 Å². The molecule has 118 valence electrons. The molecule has 3 rings (SSSR count). The highest BCUT2D eigenvalue weighted by atomic mass is 32.2. The Bertz CT molecular complexity index is 902. The molecule has 0 atom stereocenters. The molecule has 0 unspecified atom stereocenters. The molecule has 0 aliphatic carbocycles. The largest absolute Gasteiger partial charge is 0.497 e. The van der Waals surface area contributed by atoms with Crippen LogP contribution in [0.25, 0.3) is 22.2 Å². The Hall–Kier alpha value is -2.54. The van der Waals surface area contributed by atoms with Crippen LogP contribution in [-0.4, -0.2) is 35.4 Å². The number of benzene rings is 1. The van der Waals surface area contributed by atoms with Crippen LogP contribution in [0.2, 0.25) is 0 Å². The average Bonchev–Trinajstić information content (AvgIpc) is 2.60. The maximum Gasteiger partial charge on any atom is 0.275 e. The summed E-state index contributed by atoms with van der Waals surface area (Å²) in [6.45, 7) is 0. The first-order valence-electron chi connectivity index (χ1n) is 6.82. The minimum Gasteiger partial charge on any atom is -0.497 e. The summed E-state index contributed by atoms with van der Waals surface area (Å²) in [5.41, 5.74) is 1.56. The van der Waals surface area contributed by atoms with Crippen molar-refractivity contribution in [1.29, 1.82) is 0 Å². The van der Waals surface area contributed by atoms with Gasteiger partial charge in [-0.1, -0.05) is 11.8 Å². The third-order valence-corrected chi connectivity index (χ3v) is 3.96. The number of hydrogen-bond acceptors (Lipinski definition) is 6. The van der Waals surface area contributed by atoms with Crippen molar-refractivity contribution in [2.45, 2.75) is 5.16 Å². The van der Waals surface area contributed by atoms with Crippen molar-refractivity contribution in [1.82, 2.24) is 15.0 Å². The summed E-state index contributed by atoms with van der Waals surface area (Å²) in [6, 6.07) is 7.28. The zero-order chi connectivity index (χ0) is 16.4. The molecular formula is C16H15N3O3S. The zero-order valence-electron chi connectivity index (χ0n) is 12.9. The van der Waals surface area contributed by atoms with Crippen molar-refractivity contribution >= 4 is 22.7 Å². The number of fused-ring (bicyclic) bond motifs is 1. The lowest BCUT2D eigenvalue weighted by atomic mass is 10.1. The number of nitrogens with one attached hydrogen (secondary N) is 1. The zero-order valence-corrected chi connectivity index (χ0v) is 13.7. The van der Waals surface area contributed by atoms with E-state index >= 15 is 0 Å². The summed E-state index contributed by atoms with van der Waals surface area (Å²) < 4.78 is 10.5. The normalized spacial score (nSPS) is 10.7. The van der Waals surface area contributed by atoms with Gasteiger partial charge in [0.15, 0.2) is 5.16 Å². The van der Waals surface area contributed by atoms with Crippen molar-refractivity contribution in [2.75, 3.05) is 20.5 Å². The second-order valence-electron chi connectivity index (χ2n) is 4.77. The molecule has 0 aliphatic heterocycles. The van der Waals surface area contributed by atoms with Gasteiger partial charge in [0.25, 0.3) is 5.56 Å². The first-order chi connectivity index (χ1) is 11.1. The quantitative estimate of drug-likeness (QED) is 0.586. The van der Waals surface area contributed by atoms with E-state index in [9.17, 15) is 4.79 Å². The number of thioether (sulfide) groups is 1. The highest BCUT2D eigenvalue weighted by molar-refractivity contribution is 7.98. The first-order valence-corrected chi connectivity index (χ1v) is 8.04. The molecule has 3 aromatic rings. The molecule has 0 bridgehead atoms. The van der Waals surface area contributed by atoms with Crippen LogP contribution in [0.1, 0.15) is 0 Å². The molecule has 0 fully saturated rings. The molecule has 1 aromatic carbocycles. The van der Waals surface area contributed by atoms with E-state index in [0.29, 0.717) is 33.3 Å². The van der Waals surface area contributed by atoms with E-state index in [1.807, 2.05) is 24.5 Å². The van der Waals surface area contributed by atoms with Gasteiger partial charge in [0.2, 0.25) is 0 Å². The summed E-state index contributed by atoms with van der Waals surface area (Å²) in [6.07, 6.45) is 3.52. The van der Waals surface area contributed by atoms with Crippen LogP contribution in [0, 0.1) is 0 Å². The van der Waals surface area contributed by atoms with Crippen molar-refractivity contribution in [3.8, 4) is 22.8 Å². The van der Waals surface area contributed by atoms with Gasteiger partial charge in [-0.2, -0.15) is 0 Å². The Kier molecular flexibility index (Phi) is 4.20. The number of nitrogens with zero attached hydrogens (tertiary/aromatic N) is 2. The van der Waals surface area contributed by atoms with E-state index in [-0.39, 0.29) is 5.56 Å². The molecule has 2 heterocycles. The molecule has 0 spiro atoms. The Morgan fingerprint density at radius 1 is 1.09 bits per heavy atom. The second kappa shape index (κ2) is 6.29. The molecule has 1 N–H and O–H groups in total. The van der Waals surface area contributed by atoms with Crippen LogP contribution in [0.4, 0.5) is 0 Å². The number of pyridine rings is 1. The van der Waals surface area contributed by atoms with Gasteiger partial charge in [-0.15, -0.1) is 0 Å². The van der Waals surface area contributed by atoms with Crippen LogP contribution in [0.3, 0.4) is 0 Å². The number of H-pyrrole nitrogens is 1. The topological polar surface area (TPSA) is 77.1 Å². The van der Waals surface area contributed by atoms with Gasteiger partial charge >= 0.3 is 0 Å². The van der Waals surface area contributed by atoms with Crippen LogP contribution >= 0.6 is 11.8 Å². The molecule has 23 heavy (non-hydrogen) atoms. The number of hydrogen-bond donors (Lipinski definition) is 1. The van der Waals surface area contributed by atoms with Crippen LogP contribution in [0.15, 0.2) is 40.4 Å². The number of methoxy groups -OCH3 is 2. The Morgan fingerprint density at radius 2 is 1.78 bits per heavy atom. The van der Waals surface area contributed by atoms with Crippen LogP contribution in [0.5, 0.6) is 11.5 Å². The molecule has 0 saturated heterocycles. The van der Waals surface area contributed by atoms with E-state index < -0.39 is 0 Å². The van der Waals surface area contributed by atoms with Gasteiger partial charge in [0, 0.05) is 28.9 Å². The van der Waals surface area contributed by atoms with E-state index in [1.54, 1.807) is 26.5 Å². The van der Waals surface area contributed by atoms with Crippen LogP contribution < -0.4 is 15.0 Å². The lowest BCUT2D eigenvalue weighted by Crippen LogP contribution is -2.10. The Balaban J connectivity index is 2.19. The highest BCUT2D eigenvalue weighted by Crippen LogP contribution is 2.29. The first kappa shape index (κ1) is 15.4. The molecule has 6 nitrogen and oxygen atoms in total. The van der Waals surface area contributed by atoms with Crippen LogP contribution in [-0.2, 0) is 0 Å². The fourth-order valence-electron chi connectivity index (χ4n) is 2.25. The Labute approximate surface area is 136 Å². The monoisotopic (exact) mass is 329 g/mol. The summed E-state index contributed by atoms with van der Waals surface area (Å²) in [4.78, 5) is 23.7. The number of rotatable bonds is 4. The lowest BCUT2D eigenvalue weighted by molar-refractivity contribution is 0.394. The molecule has 0 amide bonds. The number of aromatic amines is 1. The van der Waals surface area contributed by atoms with Gasteiger partial charge in [-0.3, -0.25) is 4.79 Å². The van der Waals surface area contributed by atoms with Gasteiger partial charge in [0.05, 0.1) is 14.2 Å². The fraction of sp³-hybridized carbons (Fsp3) is 0.188. The Morgan fingerprint density at radius 3 is 2.39 bits per heavy atom. The van der Waals surface area contributed by atoms with Crippen molar-refractivity contribution in [2.24, 2.45) is 0 Å². The highest BCUT2D eigenvalue weighted by Gasteiger charge is 2.09. The maximum atomic E-state index is 12.3. The predicted octanol–water partition coefficient (Wildman–Crippen LogP) is 2.72. The van der Waals surface area contributed by atoms with E-state index in [1.165, 1.54) is 11.8 Å². The standard InChI is InChI=1S/C16H15N3O3S/c1-21-11-4-9(5-12(7-11)22-2)13-6-10-8-17-16(23-3)19-14(10)15(20)18-13/h4-8H,1-3H3,(H,18,20). The van der Waals surface area contributed by atoms with Gasteiger partial charge < -0.3 is 14.5 Å². The van der Waals surface area contributed by atoms with Gasteiger partial charge in [-0.25, -0.2) is 9.97 Å². The fourth-order valence-corrected chi connectivity index (χ4v) is 2.59. The number of aromatic nitrogens is 3. The van der Waals surface area contributed by atoms with Gasteiger partial charge in [0.1, 0.15) is 17.0 Å². The summed E-state index contributed by atoms with van der Waals surface area (Å²) in [5, 5.41) is 1.25. The van der Waals surface area contributed by atoms with Gasteiger partial charge in [-0.05, 0) is 24.5 Å². The third kappa shape index (κ3) is 3.00. The van der Waals surface area contributed by atoms with Crippen molar-refractivity contribution in [3.63, 3.8) is 0 Å². The summed E-state index contributed by atoms with van der Waals surface area (Å²) >= 11 is 1.39. The maximum absolute atomic E-state index is 12.3. The minimum absolute atomic E-state index is 0.253. The van der Waals surface area contributed by atoms with Crippen molar-refractivity contribution < 1.29 is 9.47 Å². The molecule has 0 saturated carbocycles. The SMILES string of the molecule is COc1cc(OC)cc(-c2cc3cnc(SC)nc3c(=O)[nH]2)c1. The number of ether oxygens (including phenoxy) is 2. The predicted molar refractivity (Wildman–Crippen MR) is 90.5 cm³/mol. The van der Waals surface area contributed by atoms with E-state index in [0.717, 1.165) is 5.56 Å². The molecule has 0 radical (unpaired) electrons. The second-order valence-corrected chi connectivity index (χ2v) is 5.55. The van der Waals surface area contributed by atoms with Crippen molar-refractivity contribution in [3.05, 3.63) is 40.8 Å². The van der Waals surface area contributed by atoms with E-state index in [2.05, 4.69) is 15.0 Å². The summed E-state index contributed by atoms with van der Waals surface area (Å²) in [5.74, 6) is 1.29. The molecule has 2 aromatic heterocycles. The lowest BCUT2D eigenvalue weighted by Gasteiger charge is -2.09.